The van der Waals surface area contributed by atoms with E-state index in [0.29, 0.717) is 35.5 Å². The molecule has 0 amide bonds. The summed E-state index contributed by atoms with van der Waals surface area (Å²) in [6.07, 6.45) is 5.17. The van der Waals surface area contributed by atoms with Crippen molar-refractivity contribution in [1.82, 2.24) is 0 Å². The van der Waals surface area contributed by atoms with Gasteiger partial charge in [-0.1, -0.05) is 24.6 Å². The zero-order chi connectivity index (χ0) is 23.4. The number of benzene rings is 2. The lowest BCUT2D eigenvalue weighted by atomic mass is 9.93. The summed E-state index contributed by atoms with van der Waals surface area (Å²) in [4.78, 5) is 36.2. The molecule has 33 heavy (non-hydrogen) atoms. The van der Waals surface area contributed by atoms with Crippen LogP contribution in [0.2, 0.25) is 0 Å². The lowest BCUT2D eigenvalue weighted by Gasteiger charge is -2.38. The molecule has 4 rings (SSSR count). The van der Waals surface area contributed by atoms with Gasteiger partial charge in [0, 0.05) is 12.8 Å². The second-order valence-corrected chi connectivity index (χ2v) is 8.01. The van der Waals surface area contributed by atoms with Crippen molar-refractivity contribution < 1.29 is 38.4 Å². The van der Waals surface area contributed by atoms with Gasteiger partial charge < -0.3 is 24.1 Å². The van der Waals surface area contributed by atoms with Gasteiger partial charge in [0.25, 0.3) is 5.79 Å². The van der Waals surface area contributed by atoms with Gasteiger partial charge in [-0.3, -0.25) is 0 Å². The van der Waals surface area contributed by atoms with E-state index >= 15 is 0 Å². The summed E-state index contributed by atoms with van der Waals surface area (Å²) < 4.78 is 22.2. The van der Waals surface area contributed by atoms with Gasteiger partial charge >= 0.3 is 17.9 Å². The van der Waals surface area contributed by atoms with Crippen molar-refractivity contribution in [2.24, 2.45) is 0 Å². The van der Waals surface area contributed by atoms with E-state index < -0.39 is 23.7 Å². The minimum atomic E-state index is -1.13. The highest BCUT2D eigenvalue weighted by Gasteiger charge is 2.46. The Bertz CT molecular complexity index is 1090. The molecule has 1 spiro atoms. The van der Waals surface area contributed by atoms with Crippen LogP contribution in [0, 0.1) is 0 Å². The van der Waals surface area contributed by atoms with Gasteiger partial charge in [-0.15, -0.1) is 0 Å². The molecule has 1 saturated heterocycles. The minimum absolute atomic E-state index is 0.138. The number of carbonyl (C=O) groups excluding carboxylic acids is 2. The van der Waals surface area contributed by atoms with E-state index in [1.807, 2.05) is 0 Å². The second-order valence-electron chi connectivity index (χ2n) is 8.01. The summed E-state index contributed by atoms with van der Waals surface area (Å²) in [7, 11) is 1.47. The fourth-order valence-electron chi connectivity index (χ4n) is 3.98. The van der Waals surface area contributed by atoms with Crippen LogP contribution in [-0.2, 0) is 25.7 Å². The van der Waals surface area contributed by atoms with Crippen LogP contribution in [0.1, 0.15) is 53.6 Å². The minimum Gasteiger partial charge on any atom is -0.493 e. The highest BCUT2D eigenvalue weighted by atomic mass is 16.7. The quantitative estimate of drug-likeness (QED) is 0.396. The number of carboxylic acids is 1. The average molecular weight is 452 g/mol. The maximum absolute atomic E-state index is 12.5. The van der Waals surface area contributed by atoms with Gasteiger partial charge in [0.05, 0.1) is 12.7 Å². The molecule has 0 unspecified atom stereocenters. The van der Waals surface area contributed by atoms with Gasteiger partial charge in [-0.25, -0.2) is 14.4 Å². The Labute approximate surface area is 190 Å². The molecule has 2 aromatic carbocycles. The molecule has 1 aliphatic carbocycles. The zero-order valence-corrected chi connectivity index (χ0v) is 18.2. The maximum atomic E-state index is 12.5. The first kappa shape index (κ1) is 22.4. The predicted molar refractivity (Wildman–Crippen MR) is 117 cm³/mol. The Kier molecular flexibility index (Phi) is 6.35. The average Bonchev–Trinajstić information content (AvgIpc) is 2.81. The van der Waals surface area contributed by atoms with Crippen molar-refractivity contribution in [3.8, 4) is 11.5 Å². The smallest absolute Gasteiger partial charge is 0.348 e. The Morgan fingerprint density at radius 2 is 1.76 bits per heavy atom. The number of methoxy groups -OCH3 is 1. The summed E-state index contributed by atoms with van der Waals surface area (Å²) in [5, 5.41) is 9.12. The molecule has 1 N–H and O–H groups in total. The third-order valence-corrected chi connectivity index (χ3v) is 5.68. The van der Waals surface area contributed by atoms with E-state index in [4.69, 9.17) is 24.1 Å². The molecular weight excluding hydrogens is 428 g/mol. The molecule has 8 heteroatoms. The number of carboxylic acid groups (broad SMARTS) is 1. The normalized spacial score (nSPS) is 17.2. The van der Waals surface area contributed by atoms with E-state index in [0.717, 1.165) is 19.3 Å². The maximum Gasteiger partial charge on any atom is 0.348 e. The van der Waals surface area contributed by atoms with Gasteiger partial charge in [0.1, 0.15) is 12.2 Å². The Morgan fingerprint density at radius 1 is 1.03 bits per heavy atom. The monoisotopic (exact) mass is 452 g/mol. The first-order chi connectivity index (χ1) is 15.9. The molecule has 1 saturated carbocycles. The molecule has 2 aliphatic rings. The molecule has 2 fully saturated rings. The van der Waals surface area contributed by atoms with Crippen LogP contribution < -0.4 is 9.47 Å². The summed E-state index contributed by atoms with van der Waals surface area (Å²) in [6.45, 7) is 0.138. The molecule has 0 bridgehead atoms. The molecule has 172 valence electrons. The molecule has 1 heterocycles. The van der Waals surface area contributed by atoms with Gasteiger partial charge in [0.2, 0.25) is 0 Å². The van der Waals surface area contributed by atoms with E-state index in [9.17, 15) is 14.4 Å². The highest BCUT2D eigenvalue weighted by molar-refractivity contribution is 6.18. The molecule has 0 atom stereocenters. The summed E-state index contributed by atoms with van der Waals surface area (Å²) in [6, 6.07) is 11.4. The molecule has 1 aliphatic heterocycles. The number of carbonyl (C=O) groups is 3. The zero-order valence-electron chi connectivity index (χ0n) is 18.2. The predicted octanol–water partition coefficient (Wildman–Crippen LogP) is 4.12. The van der Waals surface area contributed by atoms with E-state index in [1.54, 1.807) is 30.3 Å². The Balaban J connectivity index is 1.49. The Morgan fingerprint density at radius 3 is 2.42 bits per heavy atom. The van der Waals surface area contributed by atoms with Crippen molar-refractivity contribution in [2.45, 2.75) is 44.5 Å². The second kappa shape index (κ2) is 9.36. The third kappa shape index (κ3) is 5.00. The summed E-state index contributed by atoms with van der Waals surface area (Å²) >= 11 is 0. The first-order valence-corrected chi connectivity index (χ1v) is 10.7. The van der Waals surface area contributed by atoms with Crippen molar-refractivity contribution in [3.05, 3.63) is 64.7 Å². The van der Waals surface area contributed by atoms with E-state index in [-0.39, 0.29) is 17.7 Å². The van der Waals surface area contributed by atoms with Crippen LogP contribution in [0.5, 0.6) is 11.5 Å². The number of ether oxygens (including phenoxy) is 4. The number of rotatable bonds is 6. The standard InChI is InChI=1S/C25H24O8/c1-30-21-14-16(8-9-20(21)31-15-17-6-5-7-18(12-17)22(26)27)13-19-23(28)32-25(33-24(19)29)10-3-2-4-11-25/h5-9,12-14H,2-4,10-11,15H2,1H3,(H,26,27). The van der Waals surface area contributed by atoms with E-state index in [2.05, 4.69) is 0 Å². The number of hydrogen-bond donors (Lipinski definition) is 1. The summed E-state index contributed by atoms with van der Waals surface area (Å²) in [5.41, 5.74) is 1.22. The topological polar surface area (TPSA) is 108 Å². The first-order valence-electron chi connectivity index (χ1n) is 10.7. The summed E-state index contributed by atoms with van der Waals surface area (Å²) in [5.74, 6) is -2.70. The van der Waals surface area contributed by atoms with Crippen molar-refractivity contribution in [1.29, 1.82) is 0 Å². The third-order valence-electron chi connectivity index (χ3n) is 5.68. The van der Waals surface area contributed by atoms with Crippen molar-refractivity contribution in [2.75, 3.05) is 7.11 Å². The number of hydrogen-bond acceptors (Lipinski definition) is 7. The Hall–Kier alpha value is -3.81. The lowest BCUT2D eigenvalue weighted by molar-refractivity contribution is -0.244. The van der Waals surface area contributed by atoms with Gasteiger partial charge in [0.15, 0.2) is 11.5 Å². The molecule has 8 nitrogen and oxygen atoms in total. The van der Waals surface area contributed by atoms with Crippen molar-refractivity contribution >= 4 is 24.0 Å². The largest absolute Gasteiger partial charge is 0.493 e. The van der Waals surface area contributed by atoms with Crippen LogP contribution in [0.25, 0.3) is 6.08 Å². The molecule has 2 aromatic rings. The lowest BCUT2D eigenvalue weighted by Crippen LogP contribution is -2.47. The fourth-order valence-corrected chi connectivity index (χ4v) is 3.98. The number of esters is 2. The van der Waals surface area contributed by atoms with E-state index in [1.165, 1.54) is 25.3 Å². The van der Waals surface area contributed by atoms with Crippen molar-refractivity contribution in [3.63, 3.8) is 0 Å². The van der Waals surface area contributed by atoms with Crippen LogP contribution in [0.4, 0.5) is 0 Å². The van der Waals surface area contributed by atoms with Gasteiger partial charge in [-0.05, 0) is 54.3 Å². The highest BCUT2D eigenvalue weighted by Crippen LogP contribution is 2.38. The van der Waals surface area contributed by atoms with Crippen LogP contribution in [0.3, 0.4) is 0 Å². The molecule has 0 aromatic heterocycles. The van der Waals surface area contributed by atoms with Crippen LogP contribution in [-0.4, -0.2) is 35.9 Å². The number of aromatic carboxylic acids is 1. The van der Waals surface area contributed by atoms with Crippen LogP contribution >= 0.6 is 0 Å². The fraction of sp³-hybridized carbons (Fsp3) is 0.320. The molecule has 0 radical (unpaired) electrons. The molecular formula is C25H24O8. The SMILES string of the molecule is COc1cc(C=C2C(=O)OC3(CCCCC3)OC2=O)ccc1OCc1cccc(C(=O)O)c1. The van der Waals surface area contributed by atoms with Crippen LogP contribution in [0.15, 0.2) is 48.0 Å². The van der Waals surface area contributed by atoms with Gasteiger partial charge in [-0.2, -0.15) is 0 Å².